The molecule has 1 atom stereocenters. The zero-order chi connectivity index (χ0) is 17.7. The fraction of sp³-hybridized carbons (Fsp3) is 0.500. The maximum atomic E-state index is 12.2. The van der Waals surface area contributed by atoms with Crippen molar-refractivity contribution in [1.82, 2.24) is 20.2 Å². The molecule has 2 amide bonds. The standard InChI is InChI=1S/C18H26N4O2/c1-12(2)17(21-14(4)23)18(24)19-10-7-11-22-13(3)20-15-8-5-6-9-16(15)22/h5-6,8-9,12,17H,7,10-11H2,1-4H3,(H,19,24)(H,21,23). The first-order valence-corrected chi connectivity index (χ1v) is 8.37. The number of nitrogens with one attached hydrogen (secondary N) is 2. The minimum Gasteiger partial charge on any atom is -0.354 e. The van der Waals surface area contributed by atoms with Gasteiger partial charge in [0.15, 0.2) is 0 Å². The number of aryl methyl sites for hydroxylation is 2. The molecule has 1 heterocycles. The van der Waals surface area contributed by atoms with Crippen LogP contribution in [0, 0.1) is 12.8 Å². The Kier molecular flexibility index (Phi) is 5.95. The average Bonchev–Trinajstić information content (AvgIpc) is 2.84. The third-order valence-corrected chi connectivity index (χ3v) is 4.01. The number of imidazole rings is 1. The Labute approximate surface area is 142 Å². The lowest BCUT2D eigenvalue weighted by Crippen LogP contribution is -2.49. The van der Waals surface area contributed by atoms with Crippen LogP contribution in [0.2, 0.25) is 0 Å². The summed E-state index contributed by atoms with van der Waals surface area (Å²) in [5.41, 5.74) is 2.10. The third kappa shape index (κ3) is 4.34. The van der Waals surface area contributed by atoms with Crippen molar-refractivity contribution in [3.05, 3.63) is 30.1 Å². The van der Waals surface area contributed by atoms with Crippen LogP contribution in [0.15, 0.2) is 24.3 Å². The third-order valence-electron chi connectivity index (χ3n) is 4.01. The molecule has 0 radical (unpaired) electrons. The first-order chi connectivity index (χ1) is 11.4. The van der Waals surface area contributed by atoms with E-state index < -0.39 is 6.04 Å². The zero-order valence-electron chi connectivity index (χ0n) is 14.8. The fourth-order valence-electron chi connectivity index (χ4n) is 2.79. The van der Waals surface area contributed by atoms with Crippen molar-refractivity contribution in [3.8, 4) is 0 Å². The van der Waals surface area contributed by atoms with Crippen LogP contribution < -0.4 is 10.6 Å². The first-order valence-electron chi connectivity index (χ1n) is 8.37. The lowest BCUT2D eigenvalue weighted by atomic mass is 10.0. The molecule has 2 N–H and O–H groups in total. The van der Waals surface area contributed by atoms with Crippen molar-refractivity contribution in [2.45, 2.75) is 46.7 Å². The van der Waals surface area contributed by atoms with Crippen molar-refractivity contribution >= 4 is 22.8 Å². The normalized spacial score (nSPS) is 12.4. The maximum Gasteiger partial charge on any atom is 0.242 e. The van der Waals surface area contributed by atoms with Crippen molar-refractivity contribution in [3.63, 3.8) is 0 Å². The SMILES string of the molecule is CC(=O)NC(C(=O)NCCCn1c(C)nc2ccccc21)C(C)C. The summed E-state index contributed by atoms with van der Waals surface area (Å²) in [6, 6.07) is 7.55. The quantitative estimate of drug-likeness (QED) is 0.763. The highest BCUT2D eigenvalue weighted by Gasteiger charge is 2.22. The summed E-state index contributed by atoms with van der Waals surface area (Å²) in [6.07, 6.45) is 0.803. The van der Waals surface area contributed by atoms with E-state index in [0.717, 1.165) is 29.8 Å². The molecule has 0 aliphatic rings. The van der Waals surface area contributed by atoms with E-state index in [-0.39, 0.29) is 17.7 Å². The minimum atomic E-state index is -0.488. The van der Waals surface area contributed by atoms with Crippen LogP contribution in [0.4, 0.5) is 0 Å². The van der Waals surface area contributed by atoms with Gasteiger partial charge in [-0.15, -0.1) is 0 Å². The van der Waals surface area contributed by atoms with Gasteiger partial charge in [-0.25, -0.2) is 4.98 Å². The molecular weight excluding hydrogens is 304 g/mol. The molecule has 6 heteroatoms. The second kappa shape index (κ2) is 7.95. The van der Waals surface area contributed by atoms with Crippen LogP contribution in [-0.2, 0) is 16.1 Å². The molecule has 1 aromatic carbocycles. The van der Waals surface area contributed by atoms with Crippen LogP contribution in [-0.4, -0.2) is 34.0 Å². The van der Waals surface area contributed by atoms with Crippen LogP contribution in [0.1, 0.15) is 33.0 Å². The average molecular weight is 330 g/mol. The molecule has 0 saturated heterocycles. The van der Waals surface area contributed by atoms with E-state index >= 15 is 0 Å². The monoisotopic (exact) mass is 330 g/mol. The Morgan fingerprint density at radius 1 is 1.25 bits per heavy atom. The van der Waals surface area contributed by atoms with Crippen LogP contribution in [0.25, 0.3) is 11.0 Å². The predicted octanol–water partition coefficient (Wildman–Crippen LogP) is 2.01. The number of rotatable bonds is 7. The zero-order valence-corrected chi connectivity index (χ0v) is 14.8. The summed E-state index contributed by atoms with van der Waals surface area (Å²) >= 11 is 0. The Morgan fingerprint density at radius 2 is 1.96 bits per heavy atom. The van der Waals surface area contributed by atoms with Gasteiger partial charge >= 0.3 is 0 Å². The molecule has 0 aliphatic carbocycles. The topological polar surface area (TPSA) is 76.0 Å². The molecular formula is C18H26N4O2. The lowest BCUT2D eigenvalue weighted by molar-refractivity contribution is -0.129. The van der Waals surface area contributed by atoms with Crippen LogP contribution in [0.5, 0.6) is 0 Å². The molecule has 0 bridgehead atoms. The number of para-hydroxylation sites is 2. The fourth-order valence-corrected chi connectivity index (χ4v) is 2.79. The van der Waals surface area contributed by atoms with Crippen molar-refractivity contribution < 1.29 is 9.59 Å². The van der Waals surface area contributed by atoms with Crippen LogP contribution >= 0.6 is 0 Å². The van der Waals surface area contributed by atoms with Gasteiger partial charge in [-0.05, 0) is 31.4 Å². The number of aromatic nitrogens is 2. The Bertz CT molecular complexity index is 721. The highest BCUT2D eigenvalue weighted by molar-refractivity contribution is 5.87. The van der Waals surface area contributed by atoms with Crippen LogP contribution in [0.3, 0.4) is 0 Å². The number of benzene rings is 1. The van der Waals surface area contributed by atoms with E-state index in [9.17, 15) is 9.59 Å². The molecule has 1 aromatic heterocycles. The van der Waals surface area contributed by atoms with Gasteiger partial charge in [0.05, 0.1) is 11.0 Å². The number of hydrogen-bond donors (Lipinski definition) is 2. The molecule has 0 saturated carbocycles. The summed E-state index contributed by atoms with van der Waals surface area (Å²) in [7, 11) is 0. The lowest BCUT2D eigenvalue weighted by Gasteiger charge is -2.21. The van der Waals surface area contributed by atoms with E-state index in [4.69, 9.17) is 0 Å². The maximum absolute atomic E-state index is 12.2. The molecule has 0 fully saturated rings. The van der Waals surface area contributed by atoms with Crippen molar-refractivity contribution in [2.24, 2.45) is 5.92 Å². The number of amides is 2. The number of fused-ring (bicyclic) bond motifs is 1. The number of hydrogen-bond acceptors (Lipinski definition) is 3. The minimum absolute atomic E-state index is 0.0498. The van der Waals surface area contributed by atoms with E-state index in [1.807, 2.05) is 39.0 Å². The molecule has 1 unspecified atom stereocenters. The second-order valence-corrected chi connectivity index (χ2v) is 6.37. The number of carbonyl (C=O) groups is 2. The summed E-state index contributed by atoms with van der Waals surface area (Å²) in [6.45, 7) is 8.61. The predicted molar refractivity (Wildman–Crippen MR) is 94.5 cm³/mol. The van der Waals surface area contributed by atoms with Gasteiger partial charge in [0.2, 0.25) is 11.8 Å². The van der Waals surface area contributed by atoms with Gasteiger partial charge in [0.1, 0.15) is 11.9 Å². The Morgan fingerprint density at radius 3 is 2.62 bits per heavy atom. The summed E-state index contributed by atoms with van der Waals surface area (Å²) < 4.78 is 2.16. The molecule has 0 aliphatic heterocycles. The molecule has 130 valence electrons. The molecule has 6 nitrogen and oxygen atoms in total. The summed E-state index contributed by atoms with van der Waals surface area (Å²) in [5.74, 6) is 0.700. The van der Waals surface area contributed by atoms with Gasteiger partial charge in [-0.2, -0.15) is 0 Å². The Hall–Kier alpha value is -2.37. The molecule has 2 aromatic rings. The van der Waals surface area contributed by atoms with Gasteiger partial charge in [-0.3, -0.25) is 9.59 Å². The van der Waals surface area contributed by atoms with Gasteiger partial charge in [0.25, 0.3) is 0 Å². The van der Waals surface area contributed by atoms with Gasteiger partial charge < -0.3 is 15.2 Å². The molecule has 2 rings (SSSR count). The number of carbonyl (C=O) groups excluding carboxylic acids is 2. The largest absolute Gasteiger partial charge is 0.354 e. The second-order valence-electron chi connectivity index (χ2n) is 6.37. The van der Waals surface area contributed by atoms with E-state index in [2.05, 4.69) is 26.3 Å². The van der Waals surface area contributed by atoms with Crippen molar-refractivity contribution in [2.75, 3.05) is 6.54 Å². The first kappa shape index (κ1) is 18.0. The van der Waals surface area contributed by atoms with Crippen molar-refractivity contribution in [1.29, 1.82) is 0 Å². The Balaban J connectivity index is 1.88. The highest BCUT2D eigenvalue weighted by atomic mass is 16.2. The van der Waals surface area contributed by atoms with E-state index in [1.54, 1.807) is 0 Å². The van der Waals surface area contributed by atoms with Gasteiger partial charge in [-0.1, -0.05) is 26.0 Å². The van der Waals surface area contributed by atoms with E-state index in [1.165, 1.54) is 6.92 Å². The van der Waals surface area contributed by atoms with E-state index in [0.29, 0.717) is 6.54 Å². The highest BCUT2D eigenvalue weighted by Crippen LogP contribution is 2.15. The molecule has 24 heavy (non-hydrogen) atoms. The summed E-state index contributed by atoms with van der Waals surface area (Å²) in [5, 5.41) is 5.61. The number of nitrogens with zero attached hydrogens (tertiary/aromatic N) is 2. The van der Waals surface area contributed by atoms with Gasteiger partial charge in [0, 0.05) is 20.0 Å². The molecule has 0 spiro atoms. The smallest absolute Gasteiger partial charge is 0.242 e. The summed E-state index contributed by atoms with van der Waals surface area (Å²) in [4.78, 5) is 28.0.